The molecule has 1 N–H and O–H groups in total. The van der Waals surface area contributed by atoms with Gasteiger partial charge in [0, 0.05) is 17.0 Å². The van der Waals surface area contributed by atoms with Gasteiger partial charge in [0.1, 0.15) is 12.4 Å². The fourth-order valence-corrected chi connectivity index (χ4v) is 4.37. The molecule has 0 aromatic heterocycles. The number of rotatable bonds is 8. The summed E-state index contributed by atoms with van der Waals surface area (Å²) in [6.45, 7) is 5.36. The van der Waals surface area contributed by atoms with Crippen molar-refractivity contribution in [2.24, 2.45) is 0 Å². The number of hydrogen-bond donors (Lipinski definition) is 1. The quantitative estimate of drug-likeness (QED) is 0.431. The molecule has 1 unspecified atom stereocenters. The zero-order chi connectivity index (χ0) is 25.1. The molecule has 0 bridgehead atoms. The van der Waals surface area contributed by atoms with Gasteiger partial charge in [0.2, 0.25) is 0 Å². The Balaban J connectivity index is 1.87. The van der Waals surface area contributed by atoms with E-state index < -0.39 is 24.8 Å². The summed E-state index contributed by atoms with van der Waals surface area (Å²) in [4.78, 5) is 11.7. The predicted molar refractivity (Wildman–Crippen MR) is 125 cm³/mol. The highest BCUT2D eigenvalue weighted by atomic mass is 35.5. The number of carbonyl (C=O) groups excluding carboxylic acids is 1. The van der Waals surface area contributed by atoms with Gasteiger partial charge < -0.3 is 14.6 Å². The molecule has 0 saturated carbocycles. The Morgan fingerprint density at radius 2 is 1.79 bits per heavy atom. The molecule has 0 amide bonds. The maximum atomic E-state index is 13.9. The van der Waals surface area contributed by atoms with E-state index in [2.05, 4.69) is 0 Å². The van der Waals surface area contributed by atoms with Gasteiger partial charge in [-0.3, -0.25) is 4.79 Å². The highest BCUT2D eigenvalue weighted by Gasteiger charge is 2.59. The molecule has 1 aliphatic carbocycles. The minimum atomic E-state index is -4.83. The van der Waals surface area contributed by atoms with E-state index in [0.717, 1.165) is 16.7 Å². The molecule has 0 fully saturated rings. The van der Waals surface area contributed by atoms with Gasteiger partial charge >= 0.3 is 12.1 Å². The molecule has 2 aromatic rings. The van der Waals surface area contributed by atoms with Gasteiger partial charge in [-0.2, -0.15) is 13.2 Å². The van der Waals surface area contributed by atoms with Crippen LogP contribution in [0, 0.1) is 13.8 Å². The molecule has 184 valence electrons. The van der Waals surface area contributed by atoms with E-state index in [1.54, 1.807) is 43.3 Å². The van der Waals surface area contributed by atoms with E-state index in [4.69, 9.17) is 21.1 Å². The van der Waals surface area contributed by atoms with E-state index >= 15 is 0 Å². The maximum absolute atomic E-state index is 13.9. The van der Waals surface area contributed by atoms with E-state index in [1.807, 2.05) is 13.8 Å². The largest absolute Gasteiger partial charge is 0.489 e. The van der Waals surface area contributed by atoms with Crippen molar-refractivity contribution in [2.75, 3.05) is 13.2 Å². The second-order valence-electron chi connectivity index (χ2n) is 8.39. The van der Waals surface area contributed by atoms with E-state index in [9.17, 15) is 23.1 Å². The van der Waals surface area contributed by atoms with Crippen LogP contribution in [0.25, 0.3) is 5.57 Å². The summed E-state index contributed by atoms with van der Waals surface area (Å²) >= 11 is 5.93. The number of allylic oxidation sites excluding steroid dienone is 1. The monoisotopic (exact) mass is 496 g/mol. The predicted octanol–water partition coefficient (Wildman–Crippen LogP) is 6.37. The lowest BCUT2D eigenvalue weighted by Gasteiger charge is -2.29. The first-order valence-electron chi connectivity index (χ1n) is 11.1. The van der Waals surface area contributed by atoms with Crippen LogP contribution in [0.3, 0.4) is 0 Å². The average molecular weight is 497 g/mol. The van der Waals surface area contributed by atoms with Crippen molar-refractivity contribution < 1.29 is 32.5 Å². The van der Waals surface area contributed by atoms with Crippen molar-refractivity contribution in [3.8, 4) is 5.75 Å². The number of carbonyl (C=O) groups is 1. The number of hydrogen-bond acceptors (Lipinski definition) is 4. The first kappa shape index (κ1) is 26.1. The zero-order valence-electron chi connectivity index (χ0n) is 19.4. The van der Waals surface area contributed by atoms with Gasteiger partial charge in [-0.25, -0.2) is 0 Å². The molecule has 1 aliphatic rings. The number of aliphatic hydroxyl groups is 1. The molecule has 0 spiro atoms. The summed E-state index contributed by atoms with van der Waals surface area (Å²) in [7, 11) is 0. The van der Waals surface area contributed by atoms with E-state index in [0.29, 0.717) is 34.9 Å². The number of halogens is 4. The van der Waals surface area contributed by atoms with Gasteiger partial charge in [0.25, 0.3) is 0 Å². The van der Waals surface area contributed by atoms with E-state index in [-0.39, 0.29) is 24.4 Å². The third-order valence-electron chi connectivity index (χ3n) is 6.39. The smallest absolute Gasteiger partial charge is 0.421 e. The second-order valence-corrected chi connectivity index (χ2v) is 8.82. The highest BCUT2D eigenvalue weighted by Crippen LogP contribution is 2.49. The number of ether oxygens (including phenoxy) is 2. The summed E-state index contributed by atoms with van der Waals surface area (Å²) in [5, 5.41) is 11.1. The van der Waals surface area contributed by atoms with Crippen LogP contribution in [0.5, 0.6) is 5.75 Å². The fraction of sp³-hybridized carbons (Fsp3) is 0.423. The number of esters is 1. The Labute approximate surface area is 202 Å². The zero-order valence-corrected chi connectivity index (χ0v) is 20.1. The third kappa shape index (κ3) is 5.41. The average Bonchev–Trinajstić information content (AvgIpc) is 3.12. The molecule has 34 heavy (non-hydrogen) atoms. The summed E-state index contributed by atoms with van der Waals surface area (Å²) in [5.74, 6) is 0.144. The molecule has 4 nitrogen and oxygen atoms in total. The number of benzene rings is 2. The van der Waals surface area contributed by atoms with Crippen molar-refractivity contribution in [3.63, 3.8) is 0 Å². The number of aryl methyl sites for hydroxylation is 1. The second kappa shape index (κ2) is 10.4. The van der Waals surface area contributed by atoms with Crippen LogP contribution >= 0.6 is 11.6 Å². The van der Waals surface area contributed by atoms with Gasteiger partial charge in [0.15, 0.2) is 5.60 Å². The molecule has 8 heteroatoms. The first-order valence-corrected chi connectivity index (χ1v) is 11.5. The van der Waals surface area contributed by atoms with Crippen molar-refractivity contribution in [1.29, 1.82) is 0 Å². The lowest BCUT2D eigenvalue weighted by atomic mass is 9.93. The molecule has 0 radical (unpaired) electrons. The summed E-state index contributed by atoms with van der Waals surface area (Å²) in [6, 6.07) is 10.00. The first-order chi connectivity index (χ1) is 16.0. The van der Waals surface area contributed by atoms with Crippen molar-refractivity contribution in [3.05, 3.63) is 69.2 Å². The van der Waals surface area contributed by atoms with Crippen molar-refractivity contribution in [2.45, 2.75) is 58.2 Å². The molecule has 1 atom stereocenters. The summed E-state index contributed by atoms with van der Waals surface area (Å²) in [6.07, 6.45) is -4.49. The molecule has 0 heterocycles. The van der Waals surface area contributed by atoms with Gasteiger partial charge in [0.05, 0.1) is 6.61 Å². The minimum Gasteiger partial charge on any atom is -0.489 e. The minimum absolute atomic E-state index is 0.0706. The molecular formula is C26H28ClF3O4. The Hall–Kier alpha value is -2.51. The Bertz CT molecular complexity index is 1080. The van der Waals surface area contributed by atoms with Crippen LogP contribution in [0.15, 0.2) is 42.0 Å². The van der Waals surface area contributed by atoms with E-state index in [1.165, 1.54) is 0 Å². The highest BCUT2D eigenvalue weighted by molar-refractivity contribution is 6.30. The van der Waals surface area contributed by atoms with Crippen molar-refractivity contribution >= 4 is 23.1 Å². The Morgan fingerprint density at radius 1 is 1.12 bits per heavy atom. The molecule has 3 rings (SSSR count). The summed E-state index contributed by atoms with van der Waals surface area (Å²) < 4.78 is 52.4. The molecule has 0 saturated heterocycles. The Morgan fingerprint density at radius 3 is 2.41 bits per heavy atom. The van der Waals surface area contributed by atoms with Crippen LogP contribution in [0.4, 0.5) is 13.2 Å². The topological polar surface area (TPSA) is 55.8 Å². The SMILES string of the molecule is CCOC(=O)CCc1ccc(OCC2=C(c3ccc(Cl)cc3)CCC2(O)C(F)(F)F)c(C)c1C. The van der Waals surface area contributed by atoms with Crippen molar-refractivity contribution in [1.82, 2.24) is 0 Å². The fourth-order valence-electron chi connectivity index (χ4n) is 4.25. The lowest BCUT2D eigenvalue weighted by Crippen LogP contribution is -2.46. The van der Waals surface area contributed by atoms with Gasteiger partial charge in [-0.05, 0) is 86.1 Å². The third-order valence-corrected chi connectivity index (χ3v) is 6.64. The Kier molecular flexibility index (Phi) is 7.98. The van der Waals surface area contributed by atoms with Gasteiger partial charge in [-0.15, -0.1) is 0 Å². The number of alkyl halides is 3. The van der Waals surface area contributed by atoms with Crippen LogP contribution in [0.2, 0.25) is 5.02 Å². The van der Waals surface area contributed by atoms with Crippen LogP contribution in [0.1, 0.15) is 48.4 Å². The van der Waals surface area contributed by atoms with Crippen LogP contribution in [-0.2, 0) is 16.0 Å². The maximum Gasteiger partial charge on any atom is 0.421 e. The normalized spacial score (nSPS) is 18.4. The molecule has 0 aliphatic heterocycles. The lowest BCUT2D eigenvalue weighted by molar-refractivity contribution is -0.244. The molecule has 2 aromatic carbocycles. The molecular weight excluding hydrogens is 469 g/mol. The summed E-state index contributed by atoms with van der Waals surface area (Å²) in [5.41, 5.74) is 0.444. The van der Waals surface area contributed by atoms with Crippen LogP contribution < -0.4 is 4.74 Å². The standard InChI is InChI=1S/C26H28ClF3O4/c1-4-33-24(31)12-8-18-7-11-23(17(3)16(18)2)34-15-22-21(19-5-9-20(27)10-6-19)13-14-25(22,32)26(28,29)30/h5-7,9-11,32H,4,8,12-15H2,1-3H3. The van der Waals surface area contributed by atoms with Gasteiger partial charge in [-0.1, -0.05) is 29.8 Å². The van der Waals surface area contributed by atoms with Crippen LogP contribution in [-0.4, -0.2) is 36.1 Å².